The van der Waals surface area contributed by atoms with Crippen molar-refractivity contribution in [2.24, 2.45) is 16.6 Å². The molecule has 0 aromatic carbocycles. The number of aliphatic imine (C=N–C) groups is 1. The molecule has 16 heavy (non-hydrogen) atoms. The van der Waals surface area contributed by atoms with Gasteiger partial charge in [0.15, 0.2) is 5.96 Å². The zero-order valence-electron chi connectivity index (χ0n) is 10.8. The van der Waals surface area contributed by atoms with Crippen LogP contribution in [0, 0.1) is 5.92 Å². The van der Waals surface area contributed by atoms with Crippen molar-refractivity contribution in [3.05, 3.63) is 0 Å². The molecule has 0 amide bonds. The standard InChI is InChI=1S/C12H25N3O/c1-12(2,3)15-11(13)14-7-4-8-16-9-10-5-6-10/h10H,4-9H2,1-3H3,(H3,13,14,15). The number of nitrogens with two attached hydrogens (primary N) is 1. The number of ether oxygens (including phenoxy) is 1. The van der Waals surface area contributed by atoms with E-state index < -0.39 is 0 Å². The first kappa shape index (κ1) is 13.3. The summed E-state index contributed by atoms with van der Waals surface area (Å²) in [6.07, 6.45) is 3.64. The maximum Gasteiger partial charge on any atom is 0.188 e. The van der Waals surface area contributed by atoms with E-state index in [1.807, 2.05) is 0 Å². The lowest BCUT2D eigenvalue weighted by Gasteiger charge is -2.20. The molecule has 0 bridgehead atoms. The lowest BCUT2D eigenvalue weighted by Crippen LogP contribution is -2.45. The van der Waals surface area contributed by atoms with Gasteiger partial charge in [-0.3, -0.25) is 4.99 Å². The zero-order chi connectivity index (χ0) is 12.0. The molecule has 94 valence electrons. The number of hydrogen-bond donors (Lipinski definition) is 2. The van der Waals surface area contributed by atoms with Crippen molar-refractivity contribution in [1.29, 1.82) is 0 Å². The highest BCUT2D eigenvalue weighted by Crippen LogP contribution is 2.28. The molecule has 0 aliphatic heterocycles. The number of hydrogen-bond acceptors (Lipinski definition) is 2. The Kier molecular flexibility index (Phi) is 5.06. The lowest BCUT2D eigenvalue weighted by molar-refractivity contribution is 0.123. The first-order valence-corrected chi connectivity index (χ1v) is 6.13. The highest BCUT2D eigenvalue weighted by molar-refractivity contribution is 5.78. The van der Waals surface area contributed by atoms with Crippen LogP contribution in [-0.2, 0) is 4.74 Å². The smallest absolute Gasteiger partial charge is 0.188 e. The Hall–Kier alpha value is -0.770. The fraction of sp³-hybridized carbons (Fsp3) is 0.917. The molecule has 1 aliphatic carbocycles. The summed E-state index contributed by atoms with van der Waals surface area (Å²) in [5, 5.41) is 3.13. The Balaban J connectivity index is 1.96. The largest absolute Gasteiger partial charge is 0.381 e. The van der Waals surface area contributed by atoms with Gasteiger partial charge in [0.1, 0.15) is 0 Å². The lowest BCUT2D eigenvalue weighted by atomic mass is 10.1. The average molecular weight is 227 g/mol. The van der Waals surface area contributed by atoms with Gasteiger partial charge in [-0.15, -0.1) is 0 Å². The van der Waals surface area contributed by atoms with Gasteiger partial charge in [-0.1, -0.05) is 0 Å². The molecule has 0 aromatic heterocycles. The average Bonchev–Trinajstić information content (AvgIpc) is 2.91. The van der Waals surface area contributed by atoms with E-state index in [1.165, 1.54) is 12.8 Å². The van der Waals surface area contributed by atoms with Crippen LogP contribution in [0.4, 0.5) is 0 Å². The molecule has 1 fully saturated rings. The second-order valence-corrected chi connectivity index (χ2v) is 5.51. The molecule has 4 heteroatoms. The molecule has 0 atom stereocenters. The molecule has 0 unspecified atom stereocenters. The second kappa shape index (κ2) is 6.09. The Morgan fingerprint density at radius 2 is 2.12 bits per heavy atom. The van der Waals surface area contributed by atoms with Crippen LogP contribution in [0.1, 0.15) is 40.0 Å². The minimum absolute atomic E-state index is 0.0178. The third-order valence-electron chi connectivity index (χ3n) is 2.28. The molecule has 1 rings (SSSR count). The number of rotatable bonds is 6. The normalized spacial score (nSPS) is 17.6. The fourth-order valence-electron chi connectivity index (χ4n) is 1.32. The van der Waals surface area contributed by atoms with Crippen molar-refractivity contribution in [3.63, 3.8) is 0 Å². The Morgan fingerprint density at radius 3 is 2.69 bits per heavy atom. The first-order chi connectivity index (χ1) is 7.47. The van der Waals surface area contributed by atoms with Gasteiger partial charge in [-0.05, 0) is 46.0 Å². The Bertz CT molecular complexity index is 229. The third kappa shape index (κ3) is 7.51. The van der Waals surface area contributed by atoms with Gasteiger partial charge in [-0.2, -0.15) is 0 Å². The first-order valence-electron chi connectivity index (χ1n) is 6.13. The van der Waals surface area contributed by atoms with Gasteiger partial charge < -0.3 is 15.8 Å². The van der Waals surface area contributed by atoms with E-state index in [0.717, 1.165) is 32.1 Å². The second-order valence-electron chi connectivity index (χ2n) is 5.51. The van der Waals surface area contributed by atoms with Gasteiger partial charge in [-0.25, -0.2) is 0 Å². The van der Waals surface area contributed by atoms with Crippen molar-refractivity contribution >= 4 is 5.96 Å². The summed E-state index contributed by atoms with van der Waals surface area (Å²) >= 11 is 0. The summed E-state index contributed by atoms with van der Waals surface area (Å²) in [5.41, 5.74) is 5.71. The SMILES string of the molecule is CC(C)(C)NC(N)=NCCCOCC1CC1. The number of nitrogens with zero attached hydrogens (tertiary/aromatic N) is 1. The molecular formula is C12H25N3O. The molecular weight excluding hydrogens is 202 g/mol. The molecule has 0 saturated heterocycles. The molecule has 0 radical (unpaired) electrons. The van der Waals surface area contributed by atoms with Gasteiger partial charge >= 0.3 is 0 Å². The van der Waals surface area contributed by atoms with Crippen molar-refractivity contribution in [2.75, 3.05) is 19.8 Å². The fourth-order valence-corrected chi connectivity index (χ4v) is 1.32. The van der Waals surface area contributed by atoms with Crippen molar-refractivity contribution in [2.45, 2.75) is 45.6 Å². The highest BCUT2D eigenvalue weighted by atomic mass is 16.5. The van der Waals surface area contributed by atoms with Crippen LogP contribution in [-0.4, -0.2) is 31.3 Å². The minimum Gasteiger partial charge on any atom is -0.381 e. The van der Waals surface area contributed by atoms with E-state index in [-0.39, 0.29) is 5.54 Å². The highest BCUT2D eigenvalue weighted by Gasteiger charge is 2.20. The molecule has 3 N–H and O–H groups in total. The molecule has 1 aliphatic rings. The predicted octanol–water partition coefficient (Wildman–Crippen LogP) is 1.51. The van der Waals surface area contributed by atoms with E-state index in [2.05, 4.69) is 31.1 Å². The molecule has 0 spiro atoms. The van der Waals surface area contributed by atoms with Crippen LogP contribution >= 0.6 is 0 Å². The van der Waals surface area contributed by atoms with E-state index in [0.29, 0.717) is 5.96 Å². The minimum atomic E-state index is -0.0178. The summed E-state index contributed by atoms with van der Waals surface area (Å²) in [7, 11) is 0. The Morgan fingerprint density at radius 1 is 1.44 bits per heavy atom. The summed E-state index contributed by atoms with van der Waals surface area (Å²) in [6, 6.07) is 0. The van der Waals surface area contributed by atoms with Gasteiger partial charge in [0.25, 0.3) is 0 Å². The van der Waals surface area contributed by atoms with Crippen molar-refractivity contribution < 1.29 is 4.74 Å². The summed E-state index contributed by atoms with van der Waals surface area (Å²) in [5.74, 6) is 1.37. The van der Waals surface area contributed by atoms with E-state index in [9.17, 15) is 0 Å². The van der Waals surface area contributed by atoms with Crippen LogP contribution < -0.4 is 11.1 Å². The quantitative estimate of drug-likeness (QED) is 0.411. The summed E-state index contributed by atoms with van der Waals surface area (Å²) in [6.45, 7) is 8.65. The Labute approximate surface area is 98.6 Å². The summed E-state index contributed by atoms with van der Waals surface area (Å²) < 4.78 is 5.51. The van der Waals surface area contributed by atoms with E-state index >= 15 is 0 Å². The van der Waals surface area contributed by atoms with E-state index in [1.54, 1.807) is 0 Å². The van der Waals surface area contributed by atoms with Crippen molar-refractivity contribution in [1.82, 2.24) is 5.32 Å². The molecule has 1 saturated carbocycles. The molecule has 4 nitrogen and oxygen atoms in total. The van der Waals surface area contributed by atoms with Crippen LogP contribution in [0.5, 0.6) is 0 Å². The topological polar surface area (TPSA) is 59.6 Å². The number of nitrogens with one attached hydrogen (secondary N) is 1. The van der Waals surface area contributed by atoms with Crippen LogP contribution in [0.3, 0.4) is 0 Å². The monoisotopic (exact) mass is 227 g/mol. The van der Waals surface area contributed by atoms with Gasteiger partial charge in [0, 0.05) is 25.3 Å². The molecule has 0 aromatic rings. The van der Waals surface area contributed by atoms with Crippen LogP contribution in [0.2, 0.25) is 0 Å². The van der Waals surface area contributed by atoms with Crippen LogP contribution in [0.25, 0.3) is 0 Å². The molecule has 0 heterocycles. The van der Waals surface area contributed by atoms with Crippen LogP contribution in [0.15, 0.2) is 4.99 Å². The number of guanidine groups is 1. The zero-order valence-corrected chi connectivity index (χ0v) is 10.8. The third-order valence-corrected chi connectivity index (χ3v) is 2.28. The van der Waals surface area contributed by atoms with E-state index in [4.69, 9.17) is 10.5 Å². The predicted molar refractivity (Wildman–Crippen MR) is 67.5 cm³/mol. The summed E-state index contributed by atoms with van der Waals surface area (Å²) in [4.78, 5) is 4.25. The maximum atomic E-state index is 5.73. The van der Waals surface area contributed by atoms with Gasteiger partial charge in [0.2, 0.25) is 0 Å². The maximum absolute atomic E-state index is 5.73. The van der Waals surface area contributed by atoms with Crippen molar-refractivity contribution in [3.8, 4) is 0 Å². The van der Waals surface area contributed by atoms with Gasteiger partial charge in [0.05, 0.1) is 0 Å².